The molecule has 0 saturated carbocycles. The fourth-order valence-corrected chi connectivity index (χ4v) is 3.84. The van der Waals surface area contributed by atoms with Gasteiger partial charge in [0, 0.05) is 19.5 Å². The molecule has 1 aliphatic rings. The van der Waals surface area contributed by atoms with Crippen molar-refractivity contribution in [2.24, 2.45) is 22.2 Å². The molecule has 2 bridgehead atoms. The molecule has 0 spiro atoms. The summed E-state index contributed by atoms with van der Waals surface area (Å²) in [5, 5.41) is 24.5. The minimum absolute atomic E-state index is 0.120. The molecule has 1 aromatic heterocycles. The summed E-state index contributed by atoms with van der Waals surface area (Å²) >= 11 is 0. The molecule has 1 aliphatic heterocycles. The van der Waals surface area contributed by atoms with Gasteiger partial charge in [-0.1, -0.05) is 5.21 Å². The van der Waals surface area contributed by atoms with Crippen molar-refractivity contribution in [1.82, 2.24) is 35.8 Å². The van der Waals surface area contributed by atoms with Crippen LogP contribution < -0.4 is 33.2 Å². The molecule has 0 aliphatic carbocycles. The number of aliphatic imine (C=N–C) groups is 1. The highest BCUT2D eigenvalue weighted by Gasteiger charge is 2.30. The highest BCUT2D eigenvalue weighted by molar-refractivity contribution is 5.94. The highest BCUT2D eigenvalue weighted by atomic mass is 16.4. The third-order valence-corrected chi connectivity index (χ3v) is 5.67. The molecule has 2 rings (SSSR count). The number of carbonyl (C=O) groups is 6. The number of primary amides is 1. The van der Waals surface area contributed by atoms with Crippen LogP contribution in [0.5, 0.6) is 0 Å². The Bertz CT molecular complexity index is 1120. The van der Waals surface area contributed by atoms with Gasteiger partial charge >= 0.3 is 5.97 Å². The highest BCUT2D eigenvalue weighted by Crippen LogP contribution is 2.08. The Morgan fingerprint density at radius 3 is 2.48 bits per heavy atom. The van der Waals surface area contributed by atoms with E-state index in [4.69, 9.17) is 17.2 Å². The number of hydrogen-bond acceptors (Lipinski definition) is 9. The maximum Gasteiger partial charge on any atom is 0.305 e. The molecule has 0 fully saturated rings. The van der Waals surface area contributed by atoms with Crippen molar-refractivity contribution in [1.29, 1.82) is 0 Å². The van der Waals surface area contributed by atoms with E-state index in [0.29, 0.717) is 31.5 Å². The molecular weight excluding hydrogens is 530 g/mol. The van der Waals surface area contributed by atoms with Crippen LogP contribution in [-0.4, -0.2) is 98.2 Å². The van der Waals surface area contributed by atoms with E-state index in [1.54, 1.807) is 0 Å². The van der Waals surface area contributed by atoms with Crippen LogP contribution in [-0.2, 0) is 41.9 Å². The molecule has 0 aromatic carbocycles. The maximum absolute atomic E-state index is 13.2. The molecule has 2 heterocycles. The number of nitrogens with zero attached hydrogens (tertiary/aromatic N) is 5. The number of aromatic nitrogens is 3. The topological polar surface area (TPSA) is 283 Å². The largest absolute Gasteiger partial charge is 0.481 e. The number of nitrogens with one attached hydrogen (secondary N) is 3. The lowest BCUT2D eigenvalue weighted by atomic mass is 10.1. The Kier molecular flexibility index (Phi) is 12.3. The molecule has 18 heteroatoms. The first kappa shape index (κ1) is 31.4. The number of amides is 5. The summed E-state index contributed by atoms with van der Waals surface area (Å²) in [5.74, 6) is -5.19. The fraction of sp³-hybridized carbons (Fsp3) is 0.591. The predicted molar refractivity (Wildman–Crippen MR) is 138 cm³/mol. The molecule has 10 N–H and O–H groups in total. The molecule has 0 radical (unpaired) electrons. The first-order valence-corrected chi connectivity index (χ1v) is 12.5. The Hall–Kier alpha value is -4.77. The van der Waals surface area contributed by atoms with E-state index in [1.807, 2.05) is 0 Å². The Labute approximate surface area is 229 Å². The summed E-state index contributed by atoms with van der Waals surface area (Å²) in [5.41, 5.74) is 16.2. The van der Waals surface area contributed by atoms with Crippen LogP contribution in [0.2, 0.25) is 0 Å². The number of hydrogen-bond donors (Lipinski definition) is 7. The zero-order valence-corrected chi connectivity index (χ0v) is 21.9. The average Bonchev–Trinajstić information content (AvgIpc) is 3.31. The van der Waals surface area contributed by atoms with Crippen LogP contribution in [0, 0.1) is 0 Å². The summed E-state index contributed by atoms with van der Waals surface area (Å²) in [6, 6.07) is -2.58. The van der Waals surface area contributed by atoms with Crippen LogP contribution >= 0.6 is 0 Å². The summed E-state index contributed by atoms with van der Waals surface area (Å²) in [6.07, 6.45) is 2.38. The number of aryl methyl sites for hydroxylation is 1. The minimum Gasteiger partial charge on any atom is -0.481 e. The second kappa shape index (κ2) is 15.6. The number of aliphatic carboxylic acids is 1. The van der Waals surface area contributed by atoms with Gasteiger partial charge in [0.15, 0.2) is 5.96 Å². The third kappa shape index (κ3) is 11.3. The third-order valence-electron chi connectivity index (χ3n) is 5.67. The summed E-state index contributed by atoms with van der Waals surface area (Å²) in [7, 11) is 0. The van der Waals surface area contributed by atoms with Crippen LogP contribution in [0.1, 0.15) is 44.2 Å². The van der Waals surface area contributed by atoms with Crippen LogP contribution in [0.25, 0.3) is 0 Å². The number of carboxylic acids is 1. The van der Waals surface area contributed by atoms with Gasteiger partial charge in [0.25, 0.3) is 0 Å². The SMILES string of the molecule is NC(=O)CN1Cc2cn(nn2)CCCCC(=O)N[C@@H](CCCN=C(N)N)C(=O)NCC(=O)N[C@@H](CC(=O)O)C1=O. The Morgan fingerprint density at radius 1 is 1.07 bits per heavy atom. The van der Waals surface area contributed by atoms with Gasteiger partial charge in [-0.2, -0.15) is 0 Å². The Balaban J connectivity index is 2.27. The monoisotopic (exact) mass is 565 g/mol. The molecule has 5 amide bonds. The van der Waals surface area contributed by atoms with E-state index in [1.165, 1.54) is 10.9 Å². The molecule has 0 unspecified atom stereocenters. The lowest BCUT2D eigenvalue weighted by Crippen LogP contribution is -2.54. The average molecular weight is 566 g/mol. The summed E-state index contributed by atoms with van der Waals surface area (Å²) in [4.78, 5) is 79.0. The maximum atomic E-state index is 13.2. The van der Waals surface area contributed by atoms with Crippen molar-refractivity contribution in [3.05, 3.63) is 11.9 Å². The number of carboxylic acid groups (broad SMARTS) is 1. The van der Waals surface area contributed by atoms with E-state index in [9.17, 15) is 33.9 Å². The number of nitrogens with two attached hydrogens (primary N) is 3. The van der Waals surface area contributed by atoms with Gasteiger partial charge in [-0.3, -0.25) is 38.4 Å². The van der Waals surface area contributed by atoms with Crippen molar-refractivity contribution in [2.45, 2.75) is 63.7 Å². The molecule has 0 saturated heterocycles. The minimum atomic E-state index is -1.58. The number of fused-ring (bicyclic) bond motifs is 2. The zero-order chi connectivity index (χ0) is 29.7. The normalized spacial score (nSPS) is 19.8. The first-order chi connectivity index (χ1) is 18.9. The standard InChI is InChI=1S/C22H35N11O7/c23-16(34)12-32-10-13-11-33(31-30-13)7-2-1-5-17(35)28-14(4-3-6-26-22(24)25)20(39)27-9-18(36)29-15(21(32)40)8-19(37)38/h11,14-15H,1-10,12H2,(H2,23,34)(H,27,39)(H,28,35)(H,29,36)(H,37,38)(H4,24,25,26)/t14-,15-/m0/s1. The van der Waals surface area contributed by atoms with E-state index in [0.717, 1.165) is 4.90 Å². The van der Waals surface area contributed by atoms with E-state index in [2.05, 4.69) is 31.3 Å². The van der Waals surface area contributed by atoms with Crippen molar-refractivity contribution < 1.29 is 33.9 Å². The number of rotatable bonds is 8. The lowest BCUT2D eigenvalue weighted by molar-refractivity contribution is -0.145. The molecule has 18 nitrogen and oxygen atoms in total. The number of carbonyl (C=O) groups excluding carboxylic acids is 5. The second-order valence-corrected chi connectivity index (χ2v) is 9.10. The van der Waals surface area contributed by atoms with Crippen LogP contribution in [0.15, 0.2) is 11.2 Å². The van der Waals surface area contributed by atoms with E-state index < -0.39 is 61.2 Å². The first-order valence-electron chi connectivity index (χ1n) is 12.5. The molecular formula is C22H35N11O7. The van der Waals surface area contributed by atoms with Crippen LogP contribution in [0.3, 0.4) is 0 Å². The van der Waals surface area contributed by atoms with Gasteiger partial charge < -0.3 is 43.2 Å². The fourth-order valence-electron chi connectivity index (χ4n) is 3.84. The van der Waals surface area contributed by atoms with Crippen molar-refractivity contribution in [3.8, 4) is 0 Å². The van der Waals surface area contributed by atoms with Gasteiger partial charge in [-0.25, -0.2) is 0 Å². The van der Waals surface area contributed by atoms with Gasteiger partial charge in [0.05, 0.1) is 32.3 Å². The summed E-state index contributed by atoms with van der Waals surface area (Å²) < 4.78 is 1.49. The van der Waals surface area contributed by atoms with Crippen molar-refractivity contribution >= 4 is 41.5 Å². The Morgan fingerprint density at radius 2 is 1.80 bits per heavy atom. The molecule has 40 heavy (non-hydrogen) atoms. The van der Waals surface area contributed by atoms with Gasteiger partial charge in [-0.15, -0.1) is 5.10 Å². The number of guanidine groups is 1. The molecule has 1 aromatic rings. The summed E-state index contributed by atoms with van der Waals surface area (Å²) in [6.45, 7) is -0.807. The van der Waals surface area contributed by atoms with E-state index >= 15 is 0 Å². The smallest absolute Gasteiger partial charge is 0.305 e. The van der Waals surface area contributed by atoms with Gasteiger partial charge in [0.2, 0.25) is 29.5 Å². The van der Waals surface area contributed by atoms with Crippen LogP contribution in [0.4, 0.5) is 0 Å². The van der Waals surface area contributed by atoms with E-state index in [-0.39, 0.29) is 37.8 Å². The lowest BCUT2D eigenvalue weighted by Gasteiger charge is -2.26. The van der Waals surface area contributed by atoms with Gasteiger partial charge in [0.1, 0.15) is 17.8 Å². The molecule has 2 atom stereocenters. The van der Waals surface area contributed by atoms with Crippen molar-refractivity contribution in [2.75, 3.05) is 19.6 Å². The quantitative estimate of drug-likeness (QED) is 0.0902. The van der Waals surface area contributed by atoms with Gasteiger partial charge in [-0.05, 0) is 25.7 Å². The zero-order valence-electron chi connectivity index (χ0n) is 21.9. The van der Waals surface area contributed by atoms with Crippen molar-refractivity contribution in [3.63, 3.8) is 0 Å². The second-order valence-electron chi connectivity index (χ2n) is 9.10. The molecule has 220 valence electrons. The predicted octanol–water partition coefficient (Wildman–Crippen LogP) is -4.11.